The molecule has 0 aromatic heterocycles. The van der Waals surface area contributed by atoms with Gasteiger partial charge in [0, 0.05) is 5.56 Å². The van der Waals surface area contributed by atoms with Crippen LogP contribution in [0.5, 0.6) is 0 Å². The van der Waals surface area contributed by atoms with E-state index in [9.17, 15) is 9.18 Å². The molecule has 0 aliphatic rings. The quantitative estimate of drug-likeness (QED) is 0.872. The molecule has 1 aromatic rings. The number of hydrogen-bond acceptors (Lipinski definition) is 1. The second kappa shape index (κ2) is 3.87. The van der Waals surface area contributed by atoms with Crippen molar-refractivity contribution in [3.05, 3.63) is 33.5 Å². The van der Waals surface area contributed by atoms with Gasteiger partial charge in [-0.2, -0.15) is 0 Å². The van der Waals surface area contributed by atoms with Gasteiger partial charge in [-0.15, -0.1) is 0 Å². The number of carbonyl (C=O) groups is 1. The van der Waals surface area contributed by atoms with Gasteiger partial charge in [0.25, 0.3) is 0 Å². The lowest BCUT2D eigenvalue weighted by Crippen LogP contribution is -2.04. The van der Waals surface area contributed by atoms with Crippen LogP contribution >= 0.6 is 15.9 Å². The standard InChI is InChI=1S/C9H8BrFO2/c1-2-5-6(9(12)13)3-4-7(10)8(5)11/h3-4H,2H2,1H3,(H,12,13). The highest BCUT2D eigenvalue weighted by molar-refractivity contribution is 9.10. The molecule has 0 saturated carbocycles. The van der Waals surface area contributed by atoms with Gasteiger partial charge in [-0.25, -0.2) is 9.18 Å². The Balaban J connectivity index is 3.38. The minimum atomic E-state index is -1.09. The molecule has 0 heterocycles. The molecule has 0 saturated heterocycles. The van der Waals surface area contributed by atoms with Crippen LogP contribution in [0.2, 0.25) is 0 Å². The van der Waals surface area contributed by atoms with E-state index in [4.69, 9.17) is 5.11 Å². The van der Waals surface area contributed by atoms with Crippen molar-refractivity contribution in [2.45, 2.75) is 13.3 Å². The molecule has 13 heavy (non-hydrogen) atoms. The Bertz CT molecular complexity index is 350. The first-order chi connectivity index (χ1) is 6.07. The van der Waals surface area contributed by atoms with E-state index in [0.717, 1.165) is 0 Å². The molecule has 0 atom stereocenters. The van der Waals surface area contributed by atoms with Crippen LogP contribution in [0.15, 0.2) is 16.6 Å². The largest absolute Gasteiger partial charge is 0.478 e. The third-order valence-corrected chi connectivity index (χ3v) is 2.39. The maximum atomic E-state index is 13.3. The fourth-order valence-corrected chi connectivity index (χ4v) is 1.51. The Morgan fingerprint density at radius 2 is 2.23 bits per heavy atom. The Kier molecular flexibility index (Phi) is 3.03. The van der Waals surface area contributed by atoms with Gasteiger partial charge in [-0.05, 0) is 34.5 Å². The van der Waals surface area contributed by atoms with Crippen LogP contribution < -0.4 is 0 Å². The van der Waals surface area contributed by atoms with Gasteiger partial charge in [-0.3, -0.25) is 0 Å². The monoisotopic (exact) mass is 246 g/mol. The Morgan fingerprint density at radius 3 is 2.69 bits per heavy atom. The lowest BCUT2D eigenvalue weighted by Gasteiger charge is -2.05. The number of halogens is 2. The van der Waals surface area contributed by atoms with Gasteiger partial charge >= 0.3 is 5.97 Å². The van der Waals surface area contributed by atoms with E-state index in [2.05, 4.69) is 15.9 Å². The average molecular weight is 247 g/mol. The van der Waals surface area contributed by atoms with Crippen LogP contribution in [0.4, 0.5) is 4.39 Å². The number of aromatic carboxylic acids is 1. The van der Waals surface area contributed by atoms with Crippen molar-refractivity contribution in [2.24, 2.45) is 0 Å². The van der Waals surface area contributed by atoms with E-state index in [1.807, 2.05) is 0 Å². The van der Waals surface area contributed by atoms with E-state index in [-0.39, 0.29) is 11.1 Å². The summed E-state index contributed by atoms with van der Waals surface area (Å²) in [4.78, 5) is 10.7. The molecule has 1 rings (SSSR count). The molecular formula is C9H8BrFO2. The smallest absolute Gasteiger partial charge is 0.336 e. The summed E-state index contributed by atoms with van der Waals surface area (Å²) >= 11 is 3.00. The van der Waals surface area contributed by atoms with Crippen LogP contribution in [0, 0.1) is 5.82 Å². The fourth-order valence-electron chi connectivity index (χ4n) is 1.14. The average Bonchev–Trinajstić information content (AvgIpc) is 2.09. The molecule has 2 nitrogen and oxygen atoms in total. The molecule has 1 N–H and O–H groups in total. The van der Waals surface area contributed by atoms with Gasteiger partial charge in [0.05, 0.1) is 10.0 Å². The molecule has 70 valence electrons. The SMILES string of the molecule is CCc1c(C(=O)O)ccc(Br)c1F. The molecule has 0 unspecified atom stereocenters. The van der Waals surface area contributed by atoms with Crippen molar-refractivity contribution in [1.29, 1.82) is 0 Å². The third-order valence-electron chi connectivity index (χ3n) is 1.78. The zero-order valence-electron chi connectivity index (χ0n) is 6.97. The Hall–Kier alpha value is -0.900. The van der Waals surface area contributed by atoms with Gasteiger partial charge in [0.2, 0.25) is 0 Å². The first kappa shape index (κ1) is 10.2. The molecule has 0 spiro atoms. The molecule has 0 amide bonds. The maximum Gasteiger partial charge on any atom is 0.336 e. The first-order valence-corrected chi connectivity index (χ1v) is 4.57. The first-order valence-electron chi connectivity index (χ1n) is 3.78. The van der Waals surface area contributed by atoms with Crippen molar-refractivity contribution in [3.8, 4) is 0 Å². The number of hydrogen-bond donors (Lipinski definition) is 1. The fraction of sp³-hybridized carbons (Fsp3) is 0.222. The maximum absolute atomic E-state index is 13.3. The molecule has 0 fully saturated rings. The summed E-state index contributed by atoms with van der Waals surface area (Å²) in [5.41, 5.74) is 0.269. The summed E-state index contributed by atoms with van der Waals surface area (Å²) in [6, 6.07) is 2.80. The molecule has 0 aliphatic carbocycles. The molecule has 0 bridgehead atoms. The highest BCUT2D eigenvalue weighted by Crippen LogP contribution is 2.22. The minimum absolute atomic E-state index is 0.0307. The van der Waals surface area contributed by atoms with Gasteiger partial charge in [0.1, 0.15) is 5.82 Å². The van der Waals surface area contributed by atoms with E-state index in [1.165, 1.54) is 12.1 Å². The lowest BCUT2D eigenvalue weighted by atomic mass is 10.1. The number of carboxylic acids is 1. The van der Waals surface area contributed by atoms with E-state index < -0.39 is 11.8 Å². The number of rotatable bonds is 2. The summed E-state index contributed by atoms with van der Waals surface area (Å²) in [6.45, 7) is 1.72. The normalized spacial score (nSPS) is 10.1. The predicted molar refractivity (Wildman–Crippen MR) is 50.4 cm³/mol. The molecular weight excluding hydrogens is 239 g/mol. The van der Waals surface area contributed by atoms with Crippen molar-refractivity contribution < 1.29 is 14.3 Å². The number of benzene rings is 1. The van der Waals surface area contributed by atoms with Crippen LogP contribution in [0.3, 0.4) is 0 Å². The summed E-state index contributed by atoms with van der Waals surface area (Å²) in [7, 11) is 0. The van der Waals surface area contributed by atoms with Crippen molar-refractivity contribution >= 4 is 21.9 Å². The zero-order valence-corrected chi connectivity index (χ0v) is 8.56. The van der Waals surface area contributed by atoms with Crippen LogP contribution in [0.25, 0.3) is 0 Å². The zero-order chi connectivity index (χ0) is 10.0. The minimum Gasteiger partial charge on any atom is -0.478 e. The lowest BCUT2D eigenvalue weighted by molar-refractivity contribution is 0.0695. The summed E-state index contributed by atoms with van der Waals surface area (Å²) in [5, 5.41) is 8.73. The van der Waals surface area contributed by atoms with Crippen LogP contribution in [-0.4, -0.2) is 11.1 Å². The summed E-state index contributed by atoms with van der Waals surface area (Å²) < 4.78 is 13.6. The van der Waals surface area contributed by atoms with Crippen molar-refractivity contribution in [1.82, 2.24) is 0 Å². The topological polar surface area (TPSA) is 37.3 Å². The van der Waals surface area contributed by atoms with E-state index in [1.54, 1.807) is 6.92 Å². The Labute approximate surface area is 83.5 Å². The van der Waals surface area contributed by atoms with Crippen molar-refractivity contribution in [2.75, 3.05) is 0 Å². The van der Waals surface area contributed by atoms with Crippen LogP contribution in [-0.2, 0) is 6.42 Å². The molecule has 0 radical (unpaired) electrons. The van der Waals surface area contributed by atoms with Gasteiger partial charge in [0.15, 0.2) is 0 Å². The number of carboxylic acid groups (broad SMARTS) is 1. The highest BCUT2D eigenvalue weighted by atomic mass is 79.9. The van der Waals surface area contributed by atoms with E-state index in [0.29, 0.717) is 10.9 Å². The van der Waals surface area contributed by atoms with E-state index >= 15 is 0 Å². The van der Waals surface area contributed by atoms with Gasteiger partial charge in [-0.1, -0.05) is 6.92 Å². The predicted octanol–water partition coefficient (Wildman–Crippen LogP) is 2.85. The second-order valence-corrected chi connectivity index (χ2v) is 3.40. The second-order valence-electron chi connectivity index (χ2n) is 2.55. The highest BCUT2D eigenvalue weighted by Gasteiger charge is 2.14. The molecule has 1 aromatic carbocycles. The van der Waals surface area contributed by atoms with Crippen LogP contribution in [0.1, 0.15) is 22.8 Å². The molecule has 4 heteroatoms. The Morgan fingerprint density at radius 1 is 1.62 bits per heavy atom. The molecule has 0 aliphatic heterocycles. The van der Waals surface area contributed by atoms with Crippen molar-refractivity contribution in [3.63, 3.8) is 0 Å². The third kappa shape index (κ3) is 1.88. The summed E-state index contributed by atoms with van der Waals surface area (Å²) in [5.74, 6) is -1.58. The van der Waals surface area contributed by atoms with Gasteiger partial charge < -0.3 is 5.11 Å². The summed E-state index contributed by atoms with van der Waals surface area (Å²) in [6.07, 6.45) is 0.368.